The van der Waals surface area contributed by atoms with Gasteiger partial charge in [-0.25, -0.2) is 22.2 Å². The van der Waals surface area contributed by atoms with Gasteiger partial charge in [-0.3, -0.25) is 4.72 Å². The Kier molecular flexibility index (Phi) is 4.12. The second-order valence-electron chi connectivity index (χ2n) is 5.80. The van der Waals surface area contributed by atoms with Gasteiger partial charge in [0.05, 0.1) is 16.7 Å². The first-order chi connectivity index (χ1) is 13.0. The lowest BCUT2D eigenvalue weighted by molar-refractivity contribution is 0.521. The summed E-state index contributed by atoms with van der Waals surface area (Å²) in [4.78, 5) is 6.53. The van der Waals surface area contributed by atoms with Crippen LogP contribution in [0.25, 0.3) is 22.4 Å². The molecule has 0 aliphatic heterocycles. The van der Waals surface area contributed by atoms with Crippen molar-refractivity contribution in [2.24, 2.45) is 0 Å². The Morgan fingerprint density at radius 2 is 1.52 bits per heavy atom. The molecule has 2 N–H and O–H groups in total. The summed E-state index contributed by atoms with van der Waals surface area (Å²) in [6.45, 7) is 0. The number of benzene rings is 3. The van der Waals surface area contributed by atoms with Crippen LogP contribution in [0.1, 0.15) is 0 Å². The first-order valence-electron chi connectivity index (χ1n) is 7.97. The van der Waals surface area contributed by atoms with Crippen LogP contribution >= 0.6 is 0 Å². The van der Waals surface area contributed by atoms with E-state index in [0.717, 1.165) is 23.7 Å². The second kappa shape index (κ2) is 6.48. The third-order valence-corrected chi connectivity index (χ3v) is 5.42. The van der Waals surface area contributed by atoms with E-state index in [1.165, 1.54) is 6.07 Å². The minimum absolute atomic E-state index is 0.152. The summed E-state index contributed by atoms with van der Waals surface area (Å²) in [5.41, 5.74) is 2.10. The zero-order chi connectivity index (χ0) is 19.0. The normalized spacial score (nSPS) is 11.6. The van der Waals surface area contributed by atoms with E-state index in [9.17, 15) is 17.2 Å². The van der Waals surface area contributed by atoms with Gasteiger partial charge in [-0.15, -0.1) is 0 Å². The lowest BCUT2D eigenvalue weighted by atomic mass is 10.2. The van der Waals surface area contributed by atoms with E-state index in [1.54, 1.807) is 18.2 Å². The molecule has 1 aromatic heterocycles. The summed E-state index contributed by atoms with van der Waals surface area (Å²) in [5, 5.41) is 0. The Morgan fingerprint density at radius 1 is 0.852 bits per heavy atom. The monoisotopic (exact) mass is 385 g/mol. The predicted octanol–water partition coefficient (Wildman–Crippen LogP) is 4.31. The van der Waals surface area contributed by atoms with Gasteiger partial charge < -0.3 is 4.98 Å². The fourth-order valence-electron chi connectivity index (χ4n) is 2.79. The molecule has 0 atom stereocenters. The average Bonchev–Trinajstić information content (AvgIpc) is 3.05. The smallest absolute Gasteiger partial charge is 0.267 e. The van der Waals surface area contributed by atoms with Gasteiger partial charge in [-0.2, -0.15) is 0 Å². The number of hydrogen-bond acceptors (Lipinski definition) is 3. The van der Waals surface area contributed by atoms with Crippen molar-refractivity contribution in [3.63, 3.8) is 0 Å². The number of nitrogens with one attached hydrogen (secondary N) is 2. The Morgan fingerprint density at radius 3 is 2.26 bits per heavy atom. The molecule has 8 heteroatoms. The lowest BCUT2D eigenvalue weighted by Gasteiger charge is -2.12. The van der Waals surface area contributed by atoms with Crippen LogP contribution in [0.3, 0.4) is 0 Å². The lowest BCUT2D eigenvalue weighted by Crippen LogP contribution is -2.17. The third-order valence-electron chi connectivity index (χ3n) is 4.00. The molecule has 0 radical (unpaired) electrons. The highest BCUT2D eigenvalue weighted by Crippen LogP contribution is 2.30. The molecule has 0 aliphatic carbocycles. The molecule has 5 nitrogen and oxygen atoms in total. The number of aromatic nitrogens is 2. The van der Waals surface area contributed by atoms with Crippen molar-refractivity contribution in [3.8, 4) is 11.4 Å². The zero-order valence-electron chi connectivity index (χ0n) is 13.8. The standard InChI is InChI=1S/C19H13F2N3O2S/c20-13-7-5-8-14(21)18(13)27(25,26)24-15-9-2-1-6-12(15)19-22-16-10-3-4-11-17(16)23-19/h1-11,24H,(H,22,23). The van der Waals surface area contributed by atoms with Crippen LogP contribution in [-0.4, -0.2) is 18.4 Å². The number of imidazole rings is 1. The van der Waals surface area contributed by atoms with Crippen LogP contribution in [-0.2, 0) is 10.0 Å². The minimum Gasteiger partial charge on any atom is -0.338 e. The zero-order valence-corrected chi connectivity index (χ0v) is 14.6. The van der Waals surface area contributed by atoms with Crippen molar-refractivity contribution in [2.75, 3.05) is 4.72 Å². The molecule has 0 unspecified atom stereocenters. The maximum atomic E-state index is 13.9. The second-order valence-corrected chi connectivity index (χ2v) is 7.42. The molecule has 0 amide bonds. The van der Waals surface area contributed by atoms with E-state index in [0.29, 0.717) is 16.9 Å². The van der Waals surface area contributed by atoms with Crippen molar-refractivity contribution in [3.05, 3.63) is 78.4 Å². The van der Waals surface area contributed by atoms with Crippen LogP contribution in [0.15, 0.2) is 71.6 Å². The van der Waals surface area contributed by atoms with Gasteiger partial charge in [-0.1, -0.05) is 30.3 Å². The van der Waals surface area contributed by atoms with Gasteiger partial charge in [0.25, 0.3) is 10.0 Å². The summed E-state index contributed by atoms with van der Waals surface area (Å²) >= 11 is 0. The largest absolute Gasteiger partial charge is 0.338 e. The Balaban J connectivity index is 1.80. The van der Waals surface area contributed by atoms with E-state index in [2.05, 4.69) is 14.7 Å². The highest BCUT2D eigenvalue weighted by Gasteiger charge is 2.25. The molecule has 0 saturated carbocycles. The maximum Gasteiger partial charge on any atom is 0.267 e. The van der Waals surface area contributed by atoms with Crippen LogP contribution in [0.4, 0.5) is 14.5 Å². The van der Waals surface area contributed by atoms with Crippen molar-refractivity contribution in [1.29, 1.82) is 0 Å². The Bertz CT molecular complexity index is 1200. The number of hydrogen-bond donors (Lipinski definition) is 2. The molecule has 136 valence electrons. The highest BCUT2D eigenvalue weighted by atomic mass is 32.2. The van der Waals surface area contributed by atoms with E-state index in [-0.39, 0.29) is 5.69 Å². The number of H-pyrrole nitrogens is 1. The van der Waals surface area contributed by atoms with Gasteiger partial charge >= 0.3 is 0 Å². The van der Waals surface area contributed by atoms with E-state index >= 15 is 0 Å². The quantitative estimate of drug-likeness (QED) is 0.550. The van der Waals surface area contributed by atoms with Gasteiger partial charge in [-0.05, 0) is 36.4 Å². The molecule has 3 aromatic carbocycles. The van der Waals surface area contributed by atoms with Crippen molar-refractivity contribution in [2.45, 2.75) is 4.90 Å². The maximum absolute atomic E-state index is 13.9. The number of halogens is 2. The number of rotatable bonds is 4. The highest BCUT2D eigenvalue weighted by molar-refractivity contribution is 7.92. The summed E-state index contributed by atoms with van der Waals surface area (Å²) in [7, 11) is -4.48. The molecular formula is C19H13F2N3O2S. The van der Waals surface area contributed by atoms with Crippen LogP contribution in [0.2, 0.25) is 0 Å². The first kappa shape index (κ1) is 17.2. The Hall–Kier alpha value is -3.26. The van der Waals surface area contributed by atoms with Crippen molar-refractivity contribution < 1.29 is 17.2 Å². The topological polar surface area (TPSA) is 74.8 Å². The molecule has 0 bridgehead atoms. The van der Waals surface area contributed by atoms with E-state index < -0.39 is 26.6 Å². The summed E-state index contributed by atoms with van der Waals surface area (Å²) in [6.07, 6.45) is 0. The van der Waals surface area contributed by atoms with Gasteiger partial charge in [0.1, 0.15) is 17.5 Å². The minimum atomic E-state index is -4.48. The third kappa shape index (κ3) is 3.15. The number of para-hydroxylation sites is 3. The van der Waals surface area contributed by atoms with Gasteiger partial charge in [0.15, 0.2) is 4.90 Å². The number of nitrogens with zero attached hydrogens (tertiary/aromatic N) is 1. The molecular weight excluding hydrogens is 372 g/mol. The molecule has 0 aliphatic rings. The molecule has 27 heavy (non-hydrogen) atoms. The number of sulfonamides is 1. The summed E-state index contributed by atoms with van der Waals surface area (Å²) < 4.78 is 55.3. The van der Waals surface area contributed by atoms with Crippen molar-refractivity contribution >= 4 is 26.7 Å². The first-order valence-corrected chi connectivity index (χ1v) is 9.45. The van der Waals surface area contributed by atoms with Crippen LogP contribution < -0.4 is 4.72 Å². The average molecular weight is 385 g/mol. The molecule has 0 saturated heterocycles. The number of fused-ring (bicyclic) bond motifs is 1. The number of anilines is 1. The SMILES string of the molecule is O=S(=O)(Nc1ccccc1-c1nc2ccccc2[nH]1)c1c(F)cccc1F. The summed E-state index contributed by atoms with van der Waals surface area (Å²) in [5.74, 6) is -1.89. The predicted molar refractivity (Wildman–Crippen MR) is 98.7 cm³/mol. The fourth-order valence-corrected chi connectivity index (χ4v) is 4.01. The van der Waals surface area contributed by atoms with Crippen LogP contribution in [0.5, 0.6) is 0 Å². The van der Waals surface area contributed by atoms with Gasteiger partial charge in [0, 0.05) is 5.56 Å². The Labute approximate surface area is 153 Å². The van der Waals surface area contributed by atoms with Gasteiger partial charge in [0.2, 0.25) is 0 Å². The van der Waals surface area contributed by atoms with Crippen LogP contribution in [0, 0.1) is 11.6 Å². The molecule has 1 heterocycles. The molecule has 4 aromatic rings. The van der Waals surface area contributed by atoms with E-state index in [4.69, 9.17) is 0 Å². The molecule has 4 rings (SSSR count). The fraction of sp³-hybridized carbons (Fsp3) is 0. The summed E-state index contributed by atoms with van der Waals surface area (Å²) in [6, 6.07) is 16.7. The van der Waals surface area contributed by atoms with Crippen molar-refractivity contribution in [1.82, 2.24) is 9.97 Å². The molecule has 0 fully saturated rings. The molecule has 0 spiro atoms. The van der Waals surface area contributed by atoms with E-state index in [1.807, 2.05) is 24.3 Å². The number of aromatic amines is 1.